The van der Waals surface area contributed by atoms with E-state index in [0.717, 1.165) is 18.3 Å². The van der Waals surface area contributed by atoms with E-state index >= 15 is 0 Å². The van der Waals surface area contributed by atoms with Crippen LogP contribution in [0.5, 0.6) is 0 Å². The van der Waals surface area contributed by atoms with E-state index in [9.17, 15) is 9.18 Å². The fourth-order valence-corrected chi connectivity index (χ4v) is 1.27. The van der Waals surface area contributed by atoms with E-state index in [-0.39, 0.29) is 5.82 Å². The lowest BCUT2D eigenvalue weighted by Crippen LogP contribution is -1.92. The van der Waals surface area contributed by atoms with Gasteiger partial charge in [0.1, 0.15) is 12.1 Å². The van der Waals surface area contributed by atoms with Crippen LogP contribution >= 0.6 is 0 Å². The van der Waals surface area contributed by atoms with Gasteiger partial charge in [0.15, 0.2) is 0 Å². The summed E-state index contributed by atoms with van der Waals surface area (Å²) >= 11 is 0. The first-order chi connectivity index (χ1) is 6.24. The molecule has 0 spiro atoms. The number of unbranched alkanes of at least 4 members (excludes halogenated alkanes) is 1. The Balaban J connectivity index is 2.64. The average molecular weight is 180 g/mol. The third-order valence-electron chi connectivity index (χ3n) is 1.97. The zero-order valence-corrected chi connectivity index (χ0v) is 7.72. The van der Waals surface area contributed by atoms with Gasteiger partial charge in [0.05, 0.1) is 0 Å². The third kappa shape index (κ3) is 2.98. The molecular formula is C11H13FO. The molecule has 0 N–H and O–H groups in total. The molecule has 2 heteroatoms. The SMILES string of the molecule is Cc1ccc(F)c(CCCC=O)c1. The molecule has 0 saturated heterocycles. The number of benzene rings is 1. The number of aryl methyl sites for hydroxylation is 2. The van der Waals surface area contributed by atoms with Crippen molar-refractivity contribution in [1.82, 2.24) is 0 Å². The highest BCUT2D eigenvalue weighted by Crippen LogP contribution is 2.12. The molecule has 0 amide bonds. The molecule has 0 unspecified atom stereocenters. The fraction of sp³-hybridized carbons (Fsp3) is 0.364. The predicted molar refractivity (Wildman–Crippen MR) is 50.1 cm³/mol. The topological polar surface area (TPSA) is 17.1 Å². The van der Waals surface area contributed by atoms with Gasteiger partial charge in [-0.2, -0.15) is 0 Å². The summed E-state index contributed by atoms with van der Waals surface area (Å²) in [5.41, 5.74) is 1.77. The van der Waals surface area contributed by atoms with Gasteiger partial charge in [0.2, 0.25) is 0 Å². The first-order valence-corrected chi connectivity index (χ1v) is 4.42. The first kappa shape index (κ1) is 9.90. The Hall–Kier alpha value is -1.18. The summed E-state index contributed by atoms with van der Waals surface area (Å²) in [4.78, 5) is 10.1. The quantitative estimate of drug-likeness (QED) is 0.514. The van der Waals surface area contributed by atoms with Gasteiger partial charge in [-0.15, -0.1) is 0 Å². The second kappa shape index (κ2) is 4.75. The Labute approximate surface area is 77.6 Å². The molecule has 0 radical (unpaired) electrons. The van der Waals surface area contributed by atoms with Gasteiger partial charge in [-0.25, -0.2) is 4.39 Å². The van der Waals surface area contributed by atoms with Crippen LogP contribution in [0, 0.1) is 12.7 Å². The van der Waals surface area contributed by atoms with Crippen molar-refractivity contribution in [3.05, 3.63) is 35.1 Å². The van der Waals surface area contributed by atoms with Crippen LogP contribution in [0.4, 0.5) is 4.39 Å². The maximum atomic E-state index is 13.1. The van der Waals surface area contributed by atoms with Gasteiger partial charge in [-0.1, -0.05) is 17.7 Å². The summed E-state index contributed by atoms with van der Waals surface area (Å²) in [6.07, 6.45) is 2.75. The average Bonchev–Trinajstić information content (AvgIpc) is 2.11. The van der Waals surface area contributed by atoms with Crippen LogP contribution in [-0.2, 0) is 11.2 Å². The van der Waals surface area contributed by atoms with Crippen LogP contribution in [0.2, 0.25) is 0 Å². The summed E-state index contributed by atoms with van der Waals surface area (Å²) < 4.78 is 13.1. The molecule has 13 heavy (non-hydrogen) atoms. The summed E-state index contributed by atoms with van der Waals surface area (Å²) in [5, 5.41) is 0. The van der Waals surface area contributed by atoms with Gasteiger partial charge < -0.3 is 4.79 Å². The molecule has 0 aliphatic rings. The standard InChI is InChI=1S/C11H13FO/c1-9-5-6-11(12)10(8-9)4-2-3-7-13/h5-8H,2-4H2,1H3. The van der Waals surface area contributed by atoms with Gasteiger partial charge in [0.25, 0.3) is 0 Å². The van der Waals surface area contributed by atoms with Gasteiger partial charge >= 0.3 is 0 Å². The minimum atomic E-state index is -0.170. The summed E-state index contributed by atoms with van der Waals surface area (Å²) in [5.74, 6) is -0.170. The van der Waals surface area contributed by atoms with Crippen molar-refractivity contribution in [1.29, 1.82) is 0 Å². The lowest BCUT2D eigenvalue weighted by molar-refractivity contribution is -0.107. The molecule has 0 heterocycles. The summed E-state index contributed by atoms with van der Waals surface area (Å²) in [6.45, 7) is 1.93. The molecule has 70 valence electrons. The van der Waals surface area contributed by atoms with Crippen LogP contribution in [0.3, 0.4) is 0 Å². The Morgan fingerprint density at radius 1 is 1.46 bits per heavy atom. The van der Waals surface area contributed by atoms with Gasteiger partial charge in [-0.05, 0) is 31.4 Å². The van der Waals surface area contributed by atoms with E-state index in [0.29, 0.717) is 18.4 Å². The fourth-order valence-electron chi connectivity index (χ4n) is 1.27. The van der Waals surface area contributed by atoms with Crippen LogP contribution in [0.15, 0.2) is 18.2 Å². The van der Waals surface area contributed by atoms with Crippen LogP contribution in [-0.4, -0.2) is 6.29 Å². The Bertz CT molecular complexity index is 294. The van der Waals surface area contributed by atoms with Crippen LogP contribution in [0.25, 0.3) is 0 Å². The van der Waals surface area contributed by atoms with Crippen molar-refractivity contribution in [3.8, 4) is 0 Å². The van der Waals surface area contributed by atoms with Crippen LogP contribution in [0.1, 0.15) is 24.0 Å². The van der Waals surface area contributed by atoms with Crippen molar-refractivity contribution in [2.45, 2.75) is 26.2 Å². The van der Waals surface area contributed by atoms with Crippen molar-refractivity contribution in [3.63, 3.8) is 0 Å². The largest absolute Gasteiger partial charge is 0.303 e. The Morgan fingerprint density at radius 3 is 2.92 bits per heavy atom. The van der Waals surface area contributed by atoms with Crippen molar-refractivity contribution < 1.29 is 9.18 Å². The number of carbonyl (C=O) groups excluding carboxylic acids is 1. The summed E-state index contributed by atoms with van der Waals surface area (Å²) in [6, 6.07) is 5.06. The highest BCUT2D eigenvalue weighted by molar-refractivity contribution is 5.49. The third-order valence-corrected chi connectivity index (χ3v) is 1.97. The number of hydrogen-bond acceptors (Lipinski definition) is 1. The van der Waals surface area contributed by atoms with E-state index < -0.39 is 0 Å². The highest BCUT2D eigenvalue weighted by Gasteiger charge is 2.01. The molecule has 0 aromatic heterocycles. The first-order valence-electron chi connectivity index (χ1n) is 4.42. The normalized spacial score (nSPS) is 10.0. The predicted octanol–water partition coefficient (Wildman–Crippen LogP) is 2.66. The van der Waals surface area contributed by atoms with Gasteiger partial charge in [-0.3, -0.25) is 0 Å². The number of hydrogen-bond donors (Lipinski definition) is 0. The maximum Gasteiger partial charge on any atom is 0.126 e. The van der Waals surface area contributed by atoms with E-state index in [1.165, 1.54) is 6.07 Å². The molecule has 0 atom stereocenters. The van der Waals surface area contributed by atoms with Crippen LogP contribution < -0.4 is 0 Å². The Morgan fingerprint density at radius 2 is 2.23 bits per heavy atom. The maximum absolute atomic E-state index is 13.1. The smallest absolute Gasteiger partial charge is 0.126 e. The summed E-state index contributed by atoms with van der Waals surface area (Å²) in [7, 11) is 0. The molecule has 1 aromatic carbocycles. The lowest BCUT2D eigenvalue weighted by atomic mass is 10.1. The minimum absolute atomic E-state index is 0.170. The van der Waals surface area contributed by atoms with E-state index in [4.69, 9.17) is 0 Å². The second-order valence-electron chi connectivity index (χ2n) is 3.15. The molecule has 1 rings (SSSR count). The molecule has 0 aliphatic carbocycles. The van der Waals surface area contributed by atoms with Crippen molar-refractivity contribution >= 4 is 6.29 Å². The molecule has 1 nitrogen and oxygen atoms in total. The zero-order valence-electron chi connectivity index (χ0n) is 7.72. The highest BCUT2D eigenvalue weighted by atomic mass is 19.1. The van der Waals surface area contributed by atoms with Crippen molar-refractivity contribution in [2.24, 2.45) is 0 Å². The molecule has 0 fully saturated rings. The van der Waals surface area contributed by atoms with Gasteiger partial charge in [0, 0.05) is 6.42 Å². The minimum Gasteiger partial charge on any atom is -0.303 e. The molecule has 0 saturated carbocycles. The monoisotopic (exact) mass is 180 g/mol. The zero-order chi connectivity index (χ0) is 9.68. The molecular weight excluding hydrogens is 167 g/mol. The van der Waals surface area contributed by atoms with E-state index in [2.05, 4.69) is 0 Å². The number of rotatable bonds is 4. The second-order valence-corrected chi connectivity index (χ2v) is 3.15. The molecule has 1 aromatic rings. The lowest BCUT2D eigenvalue weighted by Gasteiger charge is -2.02. The van der Waals surface area contributed by atoms with E-state index in [1.54, 1.807) is 6.07 Å². The number of halogens is 1. The van der Waals surface area contributed by atoms with Crippen molar-refractivity contribution in [2.75, 3.05) is 0 Å². The Kier molecular flexibility index (Phi) is 3.62. The molecule has 0 aliphatic heterocycles. The number of carbonyl (C=O) groups is 1. The number of aldehydes is 1. The van der Waals surface area contributed by atoms with E-state index in [1.807, 2.05) is 13.0 Å². The molecule has 0 bridgehead atoms.